The first-order valence-electron chi connectivity index (χ1n) is 10.3. The zero-order chi connectivity index (χ0) is 19.8. The molecule has 140 valence electrons. The summed E-state index contributed by atoms with van der Waals surface area (Å²) in [5.74, 6) is 0. The summed E-state index contributed by atoms with van der Waals surface area (Å²) in [6.45, 7) is 6.87. The van der Waals surface area contributed by atoms with Gasteiger partial charge < -0.3 is 0 Å². The van der Waals surface area contributed by atoms with Crippen molar-refractivity contribution < 1.29 is 0 Å². The van der Waals surface area contributed by atoms with Crippen LogP contribution >= 0.6 is 0 Å². The number of aromatic nitrogens is 1. The second kappa shape index (κ2) is 5.45. The highest BCUT2D eigenvalue weighted by Crippen LogP contribution is 2.62. The molecule has 29 heavy (non-hydrogen) atoms. The molecule has 2 aliphatic carbocycles. The molecule has 6 rings (SSSR count). The fourth-order valence-electron chi connectivity index (χ4n) is 5.46. The van der Waals surface area contributed by atoms with Crippen LogP contribution in [0, 0.1) is 0 Å². The summed E-state index contributed by atoms with van der Waals surface area (Å²) < 4.78 is 0. The molecule has 0 saturated heterocycles. The summed E-state index contributed by atoms with van der Waals surface area (Å²) in [5.41, 5.74) is 12.0. The SMILES string of the molecule is CC(C)(C)c1ccc2c(c1)-c1ccccc1C21c2ccccc2-c2cnccc21. The van der Waals surface area contributed by atoms with Crippen molar-refractivity contribution in [2.24, 2.45) is 0 Å². The summed E-state index contributed by atoms with van der Waals surface area (Å²) in [6.07, 6.45) is 3.98. The Morgan fingerprint density at radius 3 is 1.90 bits per heavy atom. The van der Waals surface area contributed by atoms with Crippen molar-refractivity contribution in [2.45, 2.75) is 31.6 Å². The standard InChI is InChI=1S/C28H23N/c1-27(2,3)18-12-13-25-21(16-18)19-8-4-6-10-23(19)28(25)24-11-7-5-9-20(24)22-17-29-15-14-26(22)28/h4-17H,1-3H3. The Morgan fingerprint density at radius 1 is 0.621 bits per heavy atom. The normalized spacial score (nSPS) is 18.3. The number of pyridine rings is 1. The first-order valence-corrected chi connectivity index (χ1v) is 10.3. The maximum absolute atomic E-state index is 4.47. The van der Waals surface area contributed by atoms with Gasteiger partial charge in [-0.15, -0.1) is 0 Å². The number of nitrogens with zero attached hydrogens (tertiary/aromatic N) is 1. The Balaban J connectivity index is 1.80. The van der Waals surface area contributed by atoms with E-state index >= 15 is 0 Å². The largest absolute Gasteiger partial charge is 0.264 e. The summed E-state index contributed by atoms with van der Waals surface area (Å²) in [5, 5.41) is 0. The zero-order valence-corrected chi connectivity index (χ0v) is 17.0. The lowest BCUT2D eigenvalue weighted by Crippen LogP contribution is -2.26. The van der Waals surface area contributed by atoms with Gasteiger partial charge in [-0.05, 0) is 56.0 Å². The number of benzene rings is 3. The third-order valence-corrected chi connectivity index (χ3v) is 6.76. The van der Waals surface area contributed by atoms with Crippen molar-refractivity contribution in [1.82, 2.24) is 4.98 Å². The third kappa shape index (κ3) is 1.98. The lowest BCUT2D eigenvalue weighted by molar-refractivity contribution is 0.590. The van der Waals surface area contributed by atoms with Crippen LogP contribution in [-0.4, -0.2) is 4.98 Å². The van der Waals surface area contributed by atoms with Crippen LogP contribution in [0.4, 0.5) is 0 Å². The number of hydrogen-bond acceptors (Lipinski definition) is 1. The minimum Gasteiger partial charge on any atom is -0.264 e. The van der Waals surface area contributed by atoms with Gasteiger partial charge >= 0.3 is 0 Å². The summed E-state index contributed by atoms with van der Waals surface area (Å²) in [6, 6.07) is 27.2. The van der Waals surface area contributed by atoms with E-state index in [1.165, 1.54) is 50.1 Å². The van der Waals surface area contributed by atoms with Crippen molar-refractivity contribution in [1.29, 1.82) is 0 Å². The van der Waals surface area contributed by atoms with Crippen LogP contribution in [-0.2, 0) is 10.8 Å². The number of hydrogen-bond donors (Lipinski definition) is 0. The Morgan fingerprint density at radius 2 is 1.21 bits per heavy atom. The average molecular weight is 373 g/mol. The van der Waals surface area contributed by atoms with E-state index in [0.717, 1.165) is 0 Å². The van der Waals surface area contributed by atoms with E-state index in [-0.39, 0.29) is 10.8 Å². The molecule has 1 heterocycles. The molecule has 0 aliphatic heterocycles. The lowest BCUT2D eigenvalue weighted by Gasteiger charge is -2.30. The first kappa shape index (κ1) is 16.7. The van der Waals surface area contributed by atoms with Crippen molar-refractivity contribution in [3.63, 3.8) is 0 Å². The lowest BCUT2D eigenvalue weighted by atomic mass is 9.70. The van der Waals surface area contributed by atoms with E-state index < -0.39 is 0 Å². The van der Waals surface area contributed by atoms with Crippen LogP contribution in [0.15, 0.2) is 85.2 Å². The van der Waals surface area contributed by atoms with Gasteiger partial charge in [0.05, 0.1) is 5.41 Å². The topological polar surface area (TPSA) is 12.9 Å². The molecular weight excluding hydrogens is 350 g/mol. The van der Waals surface area contributed by atoms with E-state index in [2.05, 4.69) is 98.6 Å². The number of fused-ring (bicyclic) bond motifs is 10. The van der Waals surface area contributed by atoms with Crippen molar-refractivity contribution >= 4 is 0 Å². The molecular formula is C28H23N. The van der Waals surface area contributed by atoms with Crippen LogP contribution < -0.4 is 0 Å². The molecule has 2 aliphatic rings. The number of rotatable bonds is 0. The van der Waals surface area contributed by atoms with Gasteiger partial charge in [0, 0.05) is 18.0 Å². The van der Waals surface area contributed by atoms with Crippen LogP contribution in [0.5, 0.6) is 0 Å². The smallest absolute Gasteiger partial charge is 0.0726 e. The van der Waals surface area contributed by atoms with E-state index in [1.54, 1.807) is 0 Å². The highest BCUT2D eigenvalue weighted by molar-refractivity contribution is 5.94. The third-order valence-electron chi connectivity index (χ3n) is 6.76. The molecule has 0 N–H and O–H groups in total. The predicted molar refractivity (Wildman–Crippen MR) is 119 cm³/mol. The maximum Gasteiger partial charge on any atom is 0.0726 e. The van der Waals surface area contributed by atoms with Crippen molar-refractivity contribution in [3.8, 4) is 22.3 Å². The molecule has 0 amide bonds. The zero-order valence-electron chi connectivity index (χ0n) is 17.0. The molecule has 0 saturated carbocycles. The quantitative estimate of drug-likeness (QED) is 0.288. The van der Waals surface area contributed by atoms with Crippen LogP contribution in [0.25, 0.3) is 22.3 Å². The molecule has 1 spiro atoms. The second-order valence-corrected chi connectivity index (χ2v) is 9.27. The molecule has 1 heteroatoms. The van der Waals surface area contributed by atoms with E-state index in [9.17, 15) is 0 Å². The molecule has 0 radical (unpaired) electrons. The Labute approximate surface area is 172 Å². The molecule has 1 aromatic heterocycles. The predicted octanol–water partition coefficient (Wildman–Crippen LogP) is 6.72. The summed E-state index contributed by atoms with van der Waals surface area (Å²) >= 11 is 0. The molecule has 3 aromatic carbocycles. The molecule has 0 fully saturated rings. The minimum atomic E-state index is -0.253. The molecule has 1 atom stereocenters. The van der Waals surface area contributed by atoms with Crippen LogP contribution in [0.2, 0.25) is 0 Å². The summed E-state index contributed by atoms with van der Waals surface area (Å²) in [7, 11) is 0. The van der Waals surface area contributed by atoms with Gasteiger partial charge in [0.15, 0.2) is 0 Å². The van der Waals surface area contributed by atoms with Gasteiger partial charge in [-0.25, -0.2) is 0 Å². The molecule has 0 bridgehead atoms. The fourth-order valence-corrected chi connectivity index (χ4v) is 5.46. The Kier molecular flexibility index (Phi) is 3.14. The fraction of sp³-hybridized carbons (Fsp3) is 0.179. The molecule has 4 aromatic rings. The van der Waals surface area contributed by atoms with E-state index in [0.29, 0.717) is 0 Å². The van der Waals surface area contributed by atoms with Gasteiger partial charge in [-0.3, -0.25) is 4.98 Å². The molecule has 1 nitrogen and oxygen atoms in total. The van der Waals surface area contributed by atoms with Crippen molar-refractivity contribution in [2.75, 3.05) is 0 Å². The Bertz CT molecular complexity index is 1240. The van der Waals surface area contributed by atoms with Crippen LogP contribution in [0.3, 0.4) is 0 Å². The van der Waals surface area contributed by atoms with Gasteiger partial charge in [-0.2, -0.15) is 0 Å². The highest BCUT2D eigenvalue weighted by atomic mass is 14.6. The van der Waals surface area contributed by atoms with E-state index in [1.807, 2.05) is 12.4 Å². The van der Waals surface area contributed by atoms with Gasteiger partial charge in [0.25, 0.3) is 0 Å². The van der Waals surface area contributed by atoms with Gasteiger partial charge in [-0.1, -0.05) is 87.5 Å². The Hall–Kier alpha value is -3.19. The summed E-state index contributed by atoms with van der Waals surface area (Å²) in [4.78, 5) is 4.47. The molecule has 1 unspecified atom stereocenters. The van der Waals surface area contributed by atoms with Crippen molar-refractivity contribution in [3.05, 3.63) is 113 Å². The second-order valence-electron chi connectivity index (χ2n) is 9.27. The average Bonchev–Trinajstić information content (AvgIpc) is 3.20. The van der Waals surface area contributed by atoms with E-state index in [4.69, 9.17) is 0 Å². The monoisotopic (exact) mass is 373 g/mol. The minimum absolute atomic E-state index is 0.120. The van der Waals surface area contributed by atoms with Crippen LogP contribution in [0.1, 0.15) is 48.6 Å². The first-order chi connectivity index (χ1) is 14.0. The maximum atomic E-state index is 4.47. The van der Waals surface area contributed by atoms with Gasteiger partial charge in [0.2, 0.25) is 0 Å². The highest BCUT2D eigenvalue weighted by Gasteiger charge is 2.51. The van der Waals surface area contributed by atoms with Gasteiger partial charge in [0.1, 0.15) is 0 Å².